The Morgan fingerprint density at radius 1 is 1.40 bits per heavy atom. The number of aryl methyl sites for hydroxylation is 1. The van der Waals surface area contributed by atoms with Crippen molar-refractivity contribution in [3.8, 4) is 0 Å². The van der Waals surface area contributed by atoms with Crippen molar-refractivity contribution in [2.75, 3.05) is 0 Å². The maximum Gasteiger partial charge on any atom is 0.111 e. The van der Waals surface area contributed by atoms with E-state index in [4.69, 9.17) is 0 Å². The standard InChI is InChI=1S/C15H17N3OS/c1-2-5-18-6-4-16-15(18)9-13(19)11-8-14-12(17-10-11)3-7-20-14/h3-4,6-8,10,13,19H,2,5,9H2,1H3. The Balaban J connectivity index is 1.81. The molecule has 0 bridgehead atoms. The van der Waals surface area contributed by atoms with Crippen molar-refractivity contribution >= 4 is 21.6 Å². The topological polar surface area (TPSA) is 50.9 Å². The van der Waals surface area contributed by atoms with Gasteiger partial charge in [-0.1, -0.05) is 6.92 Å². The van der Waals surface area contributed by atoms with Crippen LogP contribution in [0, 0.1) is 0 Å². The Morgan fingerprint density at radius 2 is 2.30 bits per heavy atom. The summed E-state index contributed by atoms with van der Waals surface area (Å²) in [4.78, 5) is 8.71. The van der Waals surface area contributed by atoms with Gasteiger partial charge >= 0.3 is 0 Å². The SMILES string of the molecule is CCCn1ccnc1CC(O)c1cnc2ccsc2c1. The van der Waals surface area contributed by atoms with Crippen LogP contribution in [0.15, 0.2) is 36.1 Å². The molecule has 0 radical (unpaired) electrons. The molecule has 0 saturated heterocycles. The van der Waals surface area contributed by atoms with Crippen molar-refractivity contribution < 1.29 is 5.11 Å². The van der Waals surface area contributed by atoms with Gasteiger partial charge < -0.3 is 9.67 Å². The molecule has 4 nitrogen and oxygen atoms in total. The molecule has 3 aromatic rings. The van der Waals surface area contributed by atoms with E-state index in [1.807, 2.05) is 23.7 Å². The predicted molar refractivity (Wildman–Crippen MR) is 80.8 cm³/mol. The van der Waals surface area contributed by atoms with E-state index in [-0.39, 0.29) is 0 Å². The molecule has 0 aliphatic rings. The number of pyridine rings is 1. The van der Waals surface area contributed by atoms with Crippen LogP contribution in [0.25, 0.3) is 10.2 Å². The van der Waals surface area contributed by atoms with Crippen molar-refractivity contribution in [1.82, 2.24) is 14.5 Å². The molecule has 0 fully saturated rings. The smallest absolute Gasteiger partial charge is 0.111 e. The van der Waals surface area contributed by atoms with Crippen molar-refractivity contribution in [2.24, 2.45) is 0 Å². The first-order valence-corrected chi connectivity index (χ1v) is 7.67. The van der Waals surface area contributed by atoms with E-state index in [9.17, 15) is 5.11 Å². The quantitative estimate of drug-likeness (QED) is 0.784. The Hall–Kier alpha value is -1.72. The van der Waals surface area contributed by atoms with Crippen LogP contribution < -0.4 is 0 Å². The van der Waals surface area contributed by atoms with Gasteiger partial charge in [-0.3, -0.25) is 4.98 Å². The minimum absolute atomic E-state index is 0.519. The average Bonchev–Trinajstić information content (AvgIpc) is 3.07. The van der Waals surface area contributed by atoms with Crippen LogP contribution >= 0.6 is 11.3 Å². The van der Waals surface area contributed by atoms with Gasteiger partial charge in [0, 0.05) is 37.1 Å². The fourth-order valence-corrected chi connectivity index (χ4v) is 3.10. The van der Waals surface area contributed by atoms with E-state index in [0.29, 0.717) is 6.42 Å². The molecule has 104 valence electrons. The van der Waals surface area contributed by atoms with Crippen LogP contribution in [-0.4, -0.2) is 19.6 Å². The van der Waals surface area contributed by atoms with Gasteiger partial charge in [0.1, 0.15) is 5.82 Å². The molecule has 0 saturated carbocycles. The lowest BCUT2D eigenvalue weighted by Gasteiger charge is -2.12. The maximum absolute atomic E-state index is 10.4. The number of fused-ring (bicyclic) bond motifs is 1. The molecular weight excluding hydrogens is 270 g/mol. The number of hydrogen-bond donors (Lipinski definition) is 1. The third-order valence-electron chi connectivity index (χ3n) is 3.35. The minimum atomic E-state index is -0.563. The summed E-state index contributed by atoms with van der Waals surface area (Å²) in [5.74, 6) is 0.922. The highest BCUT2D eigenvalue weighted by Gasteiger charge is 2.13. The van der Waals surface area contributed by atoms with Crippen molar-refractivity contribution in [3.63, 3.8) is 0 Å². The normalized spacial score (nSPS) is 12.9. The first-order chi connectivity index (χ1) is 9.78. The van der Waals surface area contributed by atoms with E-state index in [0.717, 1.165) is 34.6 Å². The largest absolute Gasteiger partial charge is 0.388 e. The van der Waals surface area contributed by atoms with Crippen LogP contribution in [0.3, 0.4) is 0 Å². The monoisotopic (exact) mass is 287 g/mol. The molecule has 1 N–H and O–H groups in total. The lowest BCUT2D eigenvalue weighted by Crippen LogP contribution is -2.09. The summed E-state index contributed by atoms with van der Waals surface area (Å²) in [6.45, 7) is 3.07. The summed E-state index contributed by atoms with van der Waals surface area (Å²) in [5, 5.41) is 12.4. The highest BCUT2D eigenvalue weighted by atomic mass is 32.1. The molecule has 3 aromatic heterocycles. The molecule has 0 amide bonds. The van der Waals surface area contributed by atoms with Crippen LogP contribution in [0.5, 0.6) is 0 Å². The molecule has 0 aromatic carbocycles. The van der Waals surface area contributed by atoms with Gasteiger partial charge in [0.05, 0.1) is 16.3 Å². The molecule has 0 aliphatic carbocycles. The van der Waals surface area contributed by atoms with Gasteiger partial charge in [-0.2, -0.15) is 0 Å². The average molecular weight is 287 g/mol. The molecule has 3 heterocycles. The number of aromatic nitrogens is 3. The van der Waals surface area contributed by atoms with Gasteiger partial charge in [0.25, 0.3) is 0 Å². The third-order valence-corrected chi connectivity index (χ3v) is 4.20. The first kappa shape index (κ1) is 13.3. The zero-order valence-corrected chi connectivity index (χ0v) is 12.2. The summed E-state index contributed by atoms with van der Waals surface area (Å²) in [7, 11) is 0. The van der Waals surface area contributed by atoms with Crippen LogP contribution in [0.2, 0.25) is 0 Å². The van der Waals surface area contributed by atoms with Gasteiger partial charge in [-0.05, 0) is 23.9 Å². The van der Waals surface area contributed by atoms with E-state index in [2.05, 4.69) is 21.5 Å². The number of hydrogen-bond acceptors (Lipinski definition) is 4. The number of aliphatic hydroxyl groups excluding tert-OH is 1. The van der Waals surface area contributed by atoms with Crippen molar-refractivity contribution in [3.05, 3.63) is 47.5 Å². The molecular formula is C15H17N3OS. The molecule has 3 rings (SSSR count). The number of imidazole rings is 1. The molecule has 20 heavy (non-hydrogen) atoms. The maximum atomic E-state index is 10.4. The lowest BCUT2D eigenvalue weighted by molar-refractivity contribution is 0.174. The number of thiophene rings is 1. The van der Waals surface area contributed by atoms with Crippen molar-refractivity contribution in [2.45, 2.75) is 32.4 Å². The predicted octanol–water partition coefficient (Wildman–Crippen LogP) is 3.18. The minimum Gasteiger partial charge on any atom is -0.388 e. The van der Waals surface area contributed by atoms with Gasteiger partial charge in [0.15, 0.2) is 0 Å². The van der Waals surface area contributed by atoms with E-state index in [1.54, 1.807) is 23.7 Å². The molecule has 5 heteroatoms. The molecule has 1 atom stereocenters. The van der Waals surface area contributed by atoms with Crippen LogP contribution in [0.4, 0.5) is 0 Å². The zero-order valence-electron chi connectivity index (χ0n) is 11.4. The number of rotatable bonds is 5. The summed E-state index contributed by atoms with van der Waals surface area (Å²) in [6, 6.07) is 4.01. The Morgan fingerprint density at radius 3 is 3.15 bits per heavy atom. The second-order valence-corrected chi connectivity index (χ2v) is 5.78. The highest BCUT2D eigenvalue weighted by molar-refractivity contribution is 7.17. The van der Waals surface area contributed by atoms with Crippen LogP contribution in [0.1, 0.15) is 30.8 Å². The van der Waals surface area contributed by atoms with Gasteiger partial charge in [-0.15, -0.1) is 11.3 Å². The lowest BCUT2D eigenvalue weighted by atomic mass is 10.1. The van der Waals surface area contributed by atoms with E-state index in [1.165, 1.54) is 0 Å². The Labute approximate surface area is 121 Å². The summed E-state index contributed by atoms with van der Waals surface area (Å²) < 4.78 is 3.21. The Bertz CT molecular complexity index is 704. The second kappa shape index (κ2) is 5.73. The van der Waals surface area contributed by atoms with E-state index < -0.39 is 6.10 Å². The van der Waals surface area contributed by atoms with Crippen LogP contribution in [-0.2, 0) is 13.0 Å². The molecule has 1 unspecified atom stereocenters. The van der Waals surface area contributed by atoms with Gasteiger partial charge in [0.2, 0.25) is 0 Å². The summed E-state index contributed by atoms with van der Waals surface area (Å²) in [6.07, 6.45) is 6.53. The zero-order chi connectivity index (χ0) is 13.9. The van der Waals surface area contributed by atoms with Gasteiger partial charge in [-0.25, -0.2) is 4.98 Å². The fraction of sp³-hybridized carbons (Fsp3) is 0.333. The number of aliphatic hydroxyl groups is 1. The fourth-order valence-electron chi connectivity index (χ4n) is 2.31. The summed E-state index contributed by atoms with van der Waals surface area (Å²) >= 11 is 1.64. The Kier molecular flexibility index (Phi) is 3.80. The molecule has 0 spiro atoms. The summed E-state index contributed by atoms with van der Waals surface area (Å²) in [5.41, 5.74) is 1.84. The first-order valence-electron chi connectivity index (χ1n) is 6.79. The molecule has 0 aliphatic heterocycles. The van der Waals surface area contributed by atoms with Crippen molar-refractivity contribution in [1.29, 1.82) is 0 Å². The number of nitrogens with zero attached hydrogens (tertiary/aromatic N) is 3. The second-order valence-electron chi connectivity index (χ2n) is 4.83. The highest BCUT2D eigenvalue weighted by Crippen LogP contribution is 2.24. The van der Waals surface area contributed by atoms with E-state index >= 15 is 0 Å². The third kappa shape index (κ3) is 2.59.